The summed E-state index contributed by atoms with van der Waals surface area (Å²) in [6.07, 6.45) is 3.86. The topological polar surface area (TPSA) is 55.2 Å². The summed E-state index contributed by atoms with van der Waals surface area (Å²) in [4.78, 5) is 17.1. The number of carbonyl (C=O) groups excluding carboxylic acids is 1. The third kappa shape index (κ3) is 5.08. The molecule has 2 aliphatic rings. The smallest absolute Gasteiger partial charge is 0.289 e. The molecule has 1 fully saturated rings. The van der Waals surface area contributed by atoms with E-state index in [1.54, 1.807) is 17.0 Å². The summed E-state index contributed by atoms with van der Waals surface area (Å²) in [5, 5.41) is 0.672. The van der Waals surface area contributed by atoms with E-state index in [2.05, 4.69) is 18.0 Å². The second-order valence-corrected chi connectivity index (χ2v) is 9.54. The first-order valence-corrected chi connectivity index (χ1v) is 12.1. The van der Waals surface area contributed by atoms with Gasteiger partial charge >= 0.3 is 0 Å². The second kappa shape index (κ2) is 10.1. The molecular weight excluding hydrogens is 452 g/mol. The number of nitrogens with zero attached hydrogens (tertiary/aromatic N) is 2. The van der Waals surface area contributed by atoms with Crippen LogP contribution in [-0.4, -0.2) is 55.6 Å². The van der Waals surface area contributed by atoms with E-state index in [9.17, 15) is 4.79 Å². The van der Waals surface area contributed by atoms with E-state index in [-0.39, 0.29) is 5.91 Å². The Morgan fingerprint density at radius 2 is 2.06 bits per heavy atom. The number of amides is 1. The van der Waals surface area contributed by atoms with Gasteiger partial charge in [-0.15, -0.1) is 0 Å². The van der Waals surface area contributed by atoms with Crippen LogP contribution in [0.1, 0.15) is 29.0 Å². The summed E-state index contributed by atoms with van der Waals surface area (Å²) in [7, 11) is 2.16. The van der Waals surface area contributed by atoms with E-state index in [1.165, 1.54) is 12.7 Å². The van der Waals surface area contributed by atoms with Crippen LogP contribution < -0.4 is 9.47 Å². The molecule has 3 heterocycles. The van der Waals surface area contributed by atoms with Gasteiger partial charge in [0.05, 0.1) is 26.0 Å². The van der Waals surface area contributed by atoms with E-state index in [4.69, 9.17) is 25.5 Å². The highest BCUT2D eigenvalue weighted by atomic mass is 35.5. The highest BCUT2D eigenvalue weighted by Gasteiger charge is 2.26. The van der Waals surface area contributed by atoms with Crippen molar-refractivity contribution in [3.63, 3.8) is 0 Å². The first kappa shape index (κ1) is 22.8. The standard InChI is InChI=1S/C27H29ClN2O4/c1-29-9-3-5-19(16-29)18-34-25-15-21(20-6-2-7-23(28)14-20)13-22-17-30(10-12-33-26(22)25)27(31)24-8-4-11-32-24/h2,4,6-8,11,13-15,19H,3,5,9-10,12,16-18H2,1H3/t19-/m0/s1. The van der Waals surface area contributed by atoms with Gasteiger partial charge in [-0.3, -0.25) is 4.79 Å². The number of halogens is 1. The molecule has 2 aliphatic heterocycles. The number of likely N-dealkylation sites (tertiary alicyclic amines) is 1. The van der Waals surface area contributed by atoms with Crippen LogP contribution in [0.15, 0.2) is 59.2 Å². The van der Waals surface area contributed by atoms with Crippen molar-refractivity contribution in [3.8, 4) is 22.6 Å². The molecule has 0 spiro atoms. The minimum atomic E-state index is -0.151. The summed E-state index contributed by atoms with van der Waals surface area (Å²) < 4.78 is 17.9. The molecule has 0 radical (unpaired) electrons. The Balaban J connectivity index is 1.47. The summed E-state index contributed by atoms with van der Waals surface area (Å²) in [6.45, 7) is 4.06. The minimum absolute atomic E-state index is 0.151. The van der Waals surface area contributed by atoms with Gasteiger partial charge in [0.25, 0.3) is 5.91 Å². The lowest BCUT2D eigenvalue weighted by Gasteiger charge is -2.29. The van der Waals surface area contributed by atoms with Crippen molar-refractivity contribution in [3.05, 3.63) is 71.1 Å². The summed E-state index contributed by atoms with van der Waals surface area (Å²) in [5.41, 5.74) is 2.88. The van der Waals surface area contributed by atoms with E-state index in [1.807, 2.05) is 30.3 Å². The van der Waals surface area contributed by atoms with Crippen molar-refractivity contribution in [2.24, 2.45) is 5.92 Å². The van der Waals surface area contributed by atoms with Crippen LogP contribution in [-0.2, 0) is 6.54 Å². The molecule has 1 aromatic heterocycles. The fraction of sp³-hybridized carbons (Fsp3) is 0.370. The highest BCUT2D eigenvalue weighted by molar-refractivity contribution is 6.30. The number of piperidine rings is 1. The zero-order valence-corrected chi connectivity index (χ0v) is 20.1. The van der Waals surface area contributed by atoms with E-state index in [0.717, 1.165) is 36.2 Å². The Morgan fingerprint density at radius 1 is 1.15 bits per heavy atom. The van der Waals surface area contributed by atoms with Crippen LogP contribution in [0.5, 0.6) is 11.5 Å². The normalized spacial score (nSPS) is 18.6. The molecule has 2 aromatic carbocycles. The van der Waals surface area contributed by atoms with Gasteiger partial charge in [0, 0.05) is 23.0 Å². The van der Waals surface area contributed by atoms with Gasteiger partial charge in [-0.25, -0.2) is 0 Å². The molecular formula is C27H29ClN2O4. The van der Waals surface area contributed by atoms with Crippen LogP contribution in [0, 0.1) is 5.92 Å². The van der Waals surface area contributed by atoms with Gasteiger partial charge in [-0.1, -0.05) is 23.7 Å². The molecule has 7 heteroatoms. The van der Waals surface area contributed by atoms with Crippen molar-refractivity contribution < 1.29 is 18.7 Å². The maximum Gasteiger partial charge on any atom is 0.289 e. The third-order valence-electron chi connectivity index (χ3n) is 6.47. The number of rotatable bonds is 5. The molecule has 0 saturated carbocycles. The molecule has 1 atom stereocenters. The minimum Gasteiger partial charge on any atom is -0.489 e. The molecule has 5 rings (SSSR count). The largest absolute Gasteiger partial charge is 0.489 e. The number of hydrogen-bond donors (Lipinski definition) is 0. The molecule has 0 N–H and O–H groups in total. The monoisotopic (exact) mass is 480 g/mol. The van der Waals surface area contributed by atoms with Gasteiger partial charge in [0.1, 0.15) is 6.61 Å². The number of furan rings is 1. The summed E-state index contributed by atoms with van der Waals surface area (Å²) >= 11 is 6.28. The molecule has 0 bridgehead atoms. The molecule has 1 amide bonds. The fourth-order valence-corrected chi connectivity index (χ4v) is 4.96. The average Bonchev–Trinajstić information content (AvgIpc) is 3.29. The van der Waals surface area contributed by atoms with Crippen LogP contribution in [0.25, 0.3) is 11.1 Å². The van der Waals surface area contributed by atoms with E-state index in [0.29, 0.717) is 54.5 Å². The van der Waals surface area contributed by atoms with Crippen molar-refractivity contribution >= 4 is 17.5 Å². The SMILES string of the molecule is CN1CCC[C@H](COc2cc(-c3cccc(Cl)c3)cc3c2OCCN(C(=O)c2ccco2)C3)C1. The molecule has 3 aromatic rings. The van der Waals surface area contributed by atoms with Crippen LogP contribution in [0.3, 0.4) is 0 Å². The summed E-state index contributed by atoms with van der Waals surface area (Å²) in [6, 6.07) is 15.3. The Hall–Kier alpha value is -2.96. The molecule has 178 valence electrons. The van der Waals surface area contributed by atoms with Gasteiger partial charge in [-0.2, -0.15) is 0 Å². The molecule has 6 nitrogen and oxygen atoms in total. The van der Waals surface area contributed by atoms with Crippen molar-refractivity contribution in [1.29, 1.82) is 0 Å². The molecule has 1 saturated heterocycles. The maximum atomic E-state index is 13.0. The molecule has 0 aliphatic carbocycles. The number of hydrogen-bond acceptors (Lipinski definition) is 5. The first-order chi connectivity index (χ1) is 16.6. The lowest BCUT2D eigenvalue weighted by atomic mass is 9.99. The van der Waals surface area contributed by atoms with Crippen molar-refractivity contribution in [2.45, 2.75) is 19.4 Å². The van der Waals surface area contributed by atoms with Crippen LogP contribution in [0.2, 0.25) is 5.02 Å². The van der Waals surface area contributed by atoms with Gasteiger partial charge in [0.2, 0.25) is 0 Å². The third-order valence-corrected chi connectivity index (χ3v) is 6.71. The quantitative estimate of drug-likeness (QED) is 0.492. The number of carbonyl (C=O) groups is 1. The Labute approximate surface area is 205 Å². The lowest BCUT2D eigenvalue weighted by molar-refractivity contribution is 0.0701. The molecule has 34 heavy (non-hydrogen) atoms. The van der Waals surface area contributed by atoms with Gasteiger partial charge < -0.3 is 23.7 Å². The fourth-order valence-electron chi connectivity index (χ4n) is 4.77. The zero-order chi connectivity index (χ0) is 23.5. The van der Waals surface area contributed by atoms with E-state index >= 15 is 0 Å². The maximum absolute atomic E-state index is 13.0. The van der Waals surface area contributed by atoms with Crippen LogP contribution >= 0.6 is 11.6 Å². The molecule has 0 unspecified atom stereocenters. The number of ether oxygens (including phenoxy) is 2. The van der Waals surface area contributed by atoms with E-state index < -0.39 is 0 Å². The van der Waals surface area contributed by atoms with Crippen LogP contribution in [0.4, 0.5) is 0 Å². The predicted molar refractivity (Wildman–Crippen MR) is 132 cm³/mol. The Kier molecular flexibility index (Phi) is 6.79. The average molecular weight is 481 g/mol. The lowest BCUT2D eigenvalue weighted by Crippen LogP contribution is -2.34. The highest BCUT2D eigenvalue weighted by Crippen LogP contribution is 2.39. The number of fused-ring (bicyclic) bond motifs is 1. The second-order valence-electron chi connectivity index (χ2n) is 9.11. The van der Waals surface area contributed by atoms with Gasteiger partial charge in [0.15, 0.2) is 17.3 Å². The Bertz CT molecular complexity index is 1150. The van der Waals surface area contributed by atoms with Crippen molar-refractivity contribution in [1.82, 2.24) is 9.80 Å². The van der Waals surface area contributed by atoms with Crippen molar-refractivity contribution in [2.75, 3.05) is 39.9 Å². The summed E-state index contributed by atoms with van der Waals surface area (Å²) in [5.74, 6) is 2.08. The Morgan fingerprint density at radius 3 is 2.85 bits per heavy atom. The van der Waals surface area contributed by atoms with Gasteiger partial charge in [-0.05, 0) is 74.0 Å². The first-order valence-electron chi connectivity index (χ1n) is 11.8. The number of benzene rings is 2. The predicted octanol–water partition coefficient (Wildman–Crippen LogP) is 5.36. The zero-order valence-electron chi connectivity index (χ0n) is 19.3.